The van der Waals surface area contributed by atoms with Crippen molar-refractivity contribution in [3.63, 3.8) is 0 Å². The van der Waals surface area contributed by atoms with Crippen molar-refractivity contribution in [2.24, 2.45) is 0 Å². The predicted molar refractivity (Wildman–Crippen MR) is 113 cm³/mol. The molecule has 150 valence electrons. The van der Waals surface area contributed by atoms with Crippen LogP contribution in [-0.4, -0.2) is 23.6 Å². The molecule has 0 radical (unpaired) electrons. The van der Waals surface area contributed by atoms with E-state index in [0.29, 0.717) is 28.8 Å². The van der Waals surface area contributed by atoms with Gasteiger partial charge in [-0.15, -0.1) is 0 Å². The van der Waals surface area contributed by atoms with Crippen LogP contribution in [0.4, 0.5) is 0 Å². The third-order valence-electron chi connectivity index (χ3n) is 4.82. The van der Waals surface area contributed by atoms with E-state index >= 15 is 0 Å². The minimum Gasteiger partial charge on any atom is -0.452 e. The molecule has 1 N–H and O–H groups in total. The molecule has 0 saturated heterocycles. The summed E-state index contributed by atoms with van der Waals surface area (Å²) in [6.07, 6.45) is 0. The summed E-state index contributed by atoms with van der Waals surface area (Å²) in [6, 6.07) is 22.3. The Morgan fingerprint density at radius 3 is 2.57 bits per heavy atom. The zero-order valence-electron chi connectivity index (χ0n) is 16.4. The summed E-state index contributed by atoms with van der Waals surface area (Å²) >= 11 is 0. The van der Waals surface area contributed by atoms with E-state index in [1.54, 1.807) is 18.2 Å². The number of nitrogens with zero attached hydrogens (tertiary/aromatic N) is 1. The smallest absolute Gasteiger partial charge is 0.338 e. The van der Waals surface area contributed by atoms with E-state index in [-0.39, 0.29) is 12.5 Å². The van der Waals surface area contributed by atoms with Crippen molar-refractivity contribution in [2.45, 2.75) is 13.5 Å². The van der Waals surface area contributed by atoms with Gasteiger partial charge in [-0.05, 0) is 36.2 Å². The number of carbonyl (C=O) groups is 2. The third kappa shape index (κ3) is 4.22. The van der Waals surface area contributed by atoms with E-state index in [1.165, 1.54) is 0 Å². The van der Waals surface area contributed by atoms with E-state index in [9.17, 15) is 9.59 Å². The van der Waals surface area contributed by atoms with Crippen molar-refractivity contribution in [3.8, 4) is 11.3 Å². The number of fused-ring (bicyclic) bond motifs is 1. The highest BCUT2D eigenvalue weighted by atomic mass is 16.5. The summed E-state index contributed by atoms with van der Waals surface area (Å²) in [5.74, 6) is -0.359. The normalized spacial score (nSPS) is 10.7. The summed E-state index contributed by atoms with van der Waals surface area (Å²) in [6.45, 7) is 2.01. The standard InChI is InChI=1S/C24H20N2O4/c1-16-7-5-6-10-19(16)14-25-22(27)15-29-24(28)18-11-12-21-20(13-18)23(30-26-21)17-8-3-2-4-9-17/h2-13H,14-15H2,1H3,(H,25,27). The Hall–Kier alpha value is -3.93. The van der Waals surface area contributed by atoms with Gasteiger partial charge in [0.2, 0.25) is 0 Å². The number of nitrogens with one attached hydrogen (secondary N) is 1. The van der Waals surface area contributed by atoms with Gasteiger partial charge in [0.1, 0.15) is 5.52 Å². The second kappa shape index (κ2) is 8.61. The molecule has 0 fully saturated rings. The Labute approximate surface area is 173 Å². The molecule has 1 amide bonds. The first-order valence-electron chi connectivity index (χ1n) is 9.55. The number of aryl methyl sites for hydroxylation is 1. The fourth-order valence-electron chi connectivity index (χ4n) is 3.13. The molecule has 1 heterocycles. The summed E-state index contributed by atoms with van der Waals surface area (Å²) < 4.78 is 10.6. The molecule has 6 heteroatoms. The van der Waals surface area contributed by atoms with Crippen LogP contribution >= 0.6 is 0 Å². The van der Waals surface area contributed by atoms with E-state index < -0.39 is 5.97 Å². The lowest BCUT2D eigenvalue weighted by Gasteiger charge is -2.08. The fourth-order valence-corrected chi connectivity index (χ4v) is 3.13. The van der Waals surface area contributed by atoms with Gasteiger partial charge in [0, 0.05) is 12.1 Å². The van der Waals surface area contributed by atoms with E-state index in [4.69, 9.17) is 9.26 Å². The topological polar surface area (TPSA) is 81.4 Å². The molecule has 1 aromatic heterocycles. The number of ether oxygens (including phenoxy) is 1. The zero-order chi connectivity index (χ0) is 20.9. The van der Waals surface area contributed by atoms with Gasteiger partial charge in [-0.3, -0.25) is 4.79 Å². The Balaban J connectivity index is 1.41. The number of carbonyl (C=O) groups excluding carboxylic acids is 2. The SMILES string of the molecule is Cc1ccccc1CNC(=O)COC(=O)c1ccc2noc(-c3ccccc3)c2c1. The van der Waals surface area contributed by atoms with Crippen molar-refractivity contribution in [2.75, 3.05) is 6.61 Å². The maximum Gasteiger partial charge on any atom is 0.338 e. The van der Waals surface area contributed by atoms with Gasteiger partial charge in [0.15, 0.2) is 12.4 Å². The highest BCUT2D eigenvalue weighted by molar-refractivity contribution is 5.99. The average Bonchev–Trinajstić information content (AvgIpc) is 3.21. The average molecular weight is 400 g/mol. The first-order chi connectivity index (χ1) is 14.6. The van der Waals surface area contributed by atoms with Gasteiger partial charge >= 0.3 is 5.97 Å². The van der Waals surface area contributed by atoms with Crippen molar-refractivity contribution in [1.29, 1.82) is 0 Å². The van der Waals surface area contributed by atoms with Crippen molar-refractivity contribution in [1.82, 2.24) is 10.5 Å². The fraction of sp³-hybridized carbons (Fsp3) is 0.125. The van der Waals surface area contributed by atoms with E-state index in [1.807, 2.05) is 61.5 Å². The second-order valence-electron chi connectivity index (χ2n) is 6.89. The maximum absolute atomic E-state index is 12.4. The van der Waals surface area contributed by atoms with Gasteiger partial charge in [-0.1, -0.05) is 59.8 Å². The molecule has 0 aliphatic heterocycles. The van der Waals surface area contributed by atoms with Crippen LogP contribution in [0, 0.1) is 6.92 Å². The number of benzene rings is 3. The first kappa shape index (κ1) is 19.4. The molecular weight excluding hydrogens is 380 g/mol. The van der Waals surface area contributed by atoms with Crippen molar-refractivity contribution >= 4 is 22.8 Å². The number of aromatic nitrogens is 1. The summed E-state index contributed by atoms with van der Waals surface area (Å²) in [5.41, 5.74) is 3.94. The predicted octanol–water partition coefficient (Wildman–Crippen LogP) is 4.28. The third-order valence-corrected chi connectivity index (χ3v) is 4.82. The lowest BCUT2D eigenvalue weighted by atomic mass is 10.1. The molecule has 0 saturated carbocycles. The lowest BCUT2D eigenvalue weighted by Crippen LogP contribution is -2.28. The molecule has 0 unspecified atom stereocenters. The Morgan fingerprint density at radius 1 is 1.00 bits per heavy atom. The number of esters is 1. The largest absolute Gasteiger partial charge is 0.452 e. The number of rotatable bonds is 6. The summed E-state index contributed by atoms with van der Waals surface area (Å²) in [5, 5.41) is 7.51. The molecule has 6 nitrogen and oxygen atoms in total. The number of hydrogen-bond donors (Lipinski definition) is 1. The van der Waals surface area contributed by atoms with Crippen LogP contribution < -0.4 is 5.32 Å². The second-order valence-corrected chi connectivity index (χ2v) is 6.89. The Bertz CT molecular complexity index is 1200. The van der Waals surface area contributed by atoms with Crippen molar-refractivity contribution in [3.05, 3.63) is 89.5 Å². The quantitative estimate of drug-likeness (QED) is 0.489. The molecule has 0 atom stereocenters. The molecule has 30 heavy (non-hydrogen) atoms. The first-order valence-corrected chi connectivity index (χ1v) is 9.55. The molecule has 4 aromatic rings. The lowest BCUT2D eigenvalue weighted by molar-refractivity contribution is -0.124. The minimum atomic E-state index is -0.580. The Morgan fingerprint density at radius 2 is 1.77 bits per heavy atom. The zero-order valence-corrected chi connectivity index (χ0v) is 16.4. The van der Waals surface area contributed by atoms with Crippen LogP contribution in [0.25, 0.3) is 22.2 Å². The molecule has 0 spiro atoms. The van der Waals surface area contributed by atoms with E-state index in [0.717, 1.165) is 16.7 Å². The van der Waals surface area contributed by atoms with Crippen molar-refractivity contribution < 1.29 is 18.8 Å². The molecule has 0 aliphatic rings. The van der Waals surface area contributed by atoms with E-state index in [2.05, 4.69) is 10.5 Å². The van der Waals surface area contributed by atoms with Gasteiger partial charge in [0.25, 0.3) is 5.91 Å². The highest BCUT2D eigenvalue weighted by Crippen LogP contribution is 2.29. The number of hydrogen-bond acceptors (Lipinski definition) is 5. The number of amides is 1. The van der Waals surface area contributed by atoms with Gasteiger partial charge < -0.3 is 14.6 Å². The maximum atomic E-state index is 12.4. The van der Waals surface area contributed by atoms with Gasteiger partial charge in [-0.25, -0.2) is 4.79 Å². The highest BCUT2D eigenvalue weighted by Gasteiger charge is 2.15. The molecule has 3 aromatic carbocycles. The summed E-state index contributed by atoms with van der Waals surface area (Å²) in [4.78, 5) is 24.5. The van der Waals surface area contributed by atoms with Gasteiger partial charge in [0.05, 0.1) is 10.9 Å². The van der Waals surface area contributed by atoms with Crippen LogP contribution in [0.5, 0.6) is 0 Å². The molecule has 4 rings (SSSR count). The van der Waals surface area contributed by atoms with Crippen LogP contribution in [-0.2, 0) is 16.1 Å². The van der Waals surface area contributed by atoms with Gasteiger partial charge in [-0.2, -0.15) is 0 Å². The van der Waals surface area contributed by atoms with Crippen LogP contribution in [0.3, 0.4) is 0 Å². The van der Waals surface area contributed by atoms with Crippen LogP contribution in [0.1, 0.15) is 21.5 Å². The van der Waals surface area contributed by atoms with Crippen LogP contribution in [0.15, 0.2) is 77.3 Å². The minimum absolute atomic E-state index is 0.328. The molecule has 0 bridgehead atoms. The molecular formula is C24H20N2O4. The molecule has 0 aliphatic carbocycles. The van der Waals surface area contributed by atoms with Crippen LogP contribution in [0.2, 0.25) is 0 Å². The summed E-state index contributed by atoms with van der Waals surface area (Å²) in [7, 11) is 0. The monoisotopic (exact) mass is 400 g/mol. The Kier molecular flexibility index (Phi) is 5.57.